The Bertz CT molecular complexity index is 873. The summed E-state index contributed by atoms with van der Waals surface area (Å²) in [5.74, 6) is -9.74. The number of ether oxygens (including phenoxy) is 1. The van der Waals surface area contributed by atoms with Gasteiger partial charge in [0.1, 0.15) is 6.61 Å². The summed E-state index contributed by atoms with van der Waals surface area (Å²) >= 11 is 1.71. The maximum absolute atomic E-state index is 13.5. The largest absolute Gasteiger partial charge is 0.479 e. The summed E-state index contributed by atoms with van der Waals surface area (Å²) in [5.41, 5.74) is 0. The molecule has 1 saturated carbocycles. The van der Waals surface area contributed by atoms with Crippen molar-refractivity contribution in [2.75, 3.05) is 39.3 Å². The lowest BCUT2D eigenvalue weighted by Crippen LogP contribution is -2.51. The molecule has 0 radical (unpaired) electrons. The molecule has 3 rings (SSSR count). The number of halogens is 4. The molecule has 1 aromatic rings. The van der Waals surface area contributed by atoms with Crippen molar-refractivity contribution in [1.29, 1.82) is 0 Å². The number of hydrogen-bond acceptors (Lipinski definition) is 6. The molecule has 182 valence electrons. The number of ketones is 1. The van der Waals surface area contributed by atoms with Crippen LogP contribution in [0.4, 0.5) is 17.6 Å². The van der Waals surface area contributed by atoms with Gasteiger partial charge in [-0.3, -0.25) is 14.4 Å². The fourth-order valence-electron chi connectivity index (χ4n) is 3.63. The van der Waals surface area contributed by atoms with E-state index in [1.807, 2.05) is 4.31 Å². The number of carbonyl (C=O) groups excluding carboxylic acids is 3. The van der Waals surface area contributed by atoms with Crippen molar-refractivity contribution in [1.82, 2.24) is 14.5 Å². The third kappa shape index (κ3) is 7.07. The number of hydrogen-bond donors (Lipinski definition) is 1. The molecule has 33 heavy (non-hydrogen) atoms. The van der Waals surface area contributed by atoms with E-state index >= 15 is 0 Å². The maximum Gasteiger partial charge on any atom is 0.239 e. The molecule has 1 aromatic carbocycles. The molecule has 0 atom stereocenters. The summed E-state index contributed by atoms with van der Waals surface area (Å²) in [5, 5.41) is 2.83. The molecule has 7 nitrogen and oxygen atoms in total. The number of rotatable bonds is 9. The predicted octanol–water partition coefficient (Wildman–Crippen LogP) is 2.43. The Morgan fingerprint density at radius 2 is 1.73 bits per heavy atom. The van der Waals surface area contributed by atoms with E-state index < -0.39 is 53.9 Å². The lowest BCUT2D eigenvalue weighted by molar-refractivity contribution is -0.138. The van der Waals surface area contributed by atoms with Crippen molar-refractivity contribution < 1.29 is 36.7 Å². The number of Topliss-reactive ketones (excluding diaryl/α,β-unsaturated/α-hetero) is 1. The normalized spacial score (nSPS) is 17.8. The highest BCUT2D eigenvalue weighted by atomic mass is 32.2. The summed E-state index contributed by atoms with van der Waals surface area (Å²) in [6.07, 6.45) is 5.96. The summed E-state index contributed by atoms with van der Waals surface area (Å²) < 4.78 is 60.0. The second-order valence-corrected chi connectivity index (χ2v) is 9.34. The molecule has 1 saturated heterocycles. The van der Waals surface area contributed by atoms with Crippen molar-refractivity contribution in [3.8, 4) is 5.75 Å². The van der Waals surface area contributed by atoms with Gasteiger partial charge in [-0.15, -0.1) is 0 Å². The van der Waals surface area contributed by atoms with Crippen LogP contribution in [0.15, 0.2) is 6.07 Å². The lowest BCUT2D eigenvalue weighted by Gasteiger charge is -2.35. The topological polar surface area (TPSA) is 79.0 Å². The van der Waals surface area contributed by atoms with Crippen LogP contribution in [-0.4, -0.2) is 71.4 Å². The zero-order chi connectivity index (χ0) is 24.0. The molecule has 0 unspecified atom stereocenters. The number of nitrogens with zero attached hydrogens (tertiary/aromatic N) is 2. The van der Waals surface area contributed by atoms with Gasteiger partial charge in [-0.1, -0.05) is 31.2 Å². The van der Waals surface area contributed by atoms with Crippen molar-refractivity contribution >= 4 is 29.5 Å². The SMILES string of the molecule is O=C(CNC(=O)CN1CCN(SC2CCCCC2)CC1=O)COc1c(F)c(F)cc(F)c1F. The summed E-state index contributed by atoms with van der Waals surface area (Å²) in [4.78, 5) is 37.7. The van der Waals surface area contributed by atoms with Gasteiger partial charge < -0.3 is 15.0 Å². The molecule has 12 heteroatoms. The first kappa shape index (κ1) is 25.3. The van der Waals surface area contributed by atoms with Crippen molar-refractivity contribution in [2.24, 2.45) is 0 Å². The van der Waals surface area contributed by atoms with E-state index in [4.69, 9.17) is 0 Å². The summed E-state index contributed by atoms with van der Waals surface area (Å²) in [6.45, 7) is -0.449. The molecule has 2 aliphatic rings. The highest BCUT2D eigenvalue weighted by Crippen LogP contribution is 2.31. The summed E-state index contributed by atoms with van der Waals surface area (Å²) in [6, 6.07) is 0.0232. The summed E-state index contributed by atoms with van der Waals surface area (Å²) in [7, 11) is 0. The van der Waals surface area contributed by atoms with Gasteiger partial charge in [0.05, 0.1) is 19.6 Å². The maximum atomic E-state index is 13.5. The Kier molecular flexibility index (Phi) is 8.95. The quantitative estimate of drug-likeness (QED) is 0.325. The van der Waals surface area contributed by atoms with Crippen LogP contribution >= 0.6 is 11.9 Å². The zero-order valence-electron chi connectivity index (χ0n) is 17.9. The Balaban J connectivity index is 1.38. The van der Waals surface area contributed by atoms with E-state index in [9.17, 15) is 31.9 Å². The molecule has 1 aliphatic heterocycles. The van der Waals surface area contributed by atoms with Gasteiger partial charge >= 0.3 is 0 Å². The minimum atomic E-state index is -1.76. The Morgan fingerprint density at radius 1 is 1.06 bits per heavy atom. The minimum Gasteiger partial charge on any atom is -0.479 e. The molecule has 2 amide bonds. The molecule has 2 fully saturated rings. The van der Waals surface area contributed by atoms with E-state index in [1.54, 1.807) is 11.9 Å². The number of nitrogens with one attached hydrogen (secondary N) is 1. The first-order valence-electron chi connectivity index (χ1n) is 10.7. The molecule has 0 spiro atoms. The highest BCUT2D eigenvalue weighted by Gasteiger charge is 2.28. The molecule has 0 bridgehead atoms. The van der Waals surface area contributed by atoms with Crippen LogP contribution < -0.4 is 10.1 Å². The smallest absolute Gasteiger partial charge is 0.239 e. The van der Waals surface area contributed by atoms with Crippen molar-refractivity contribution in [3.05, 3.63) is 29.3 Å². The molecule has 0 aromatic heterocycles. The molecular weight excluding hydrogens is 466 g/mol. The fourth-order valence-corrected chi connectivity index (χ4v) is 4.97. The second-order valence-electron chi connectivity index (χ2n) is 7.95. The van der Waals surface area contributed by atoms with E-state index in [-0.39, 0.29) is 25.1 Å². The number of carbonyl (C=O) groups is 3. The lowest BCUT2D eigenvalue weighted by atomic mass is 10.0. The standard InChI is InChI=1S/C21H25F4N3O4S/c22-15-8-16(23)20(25)21(19(15)24)32-12-13(29)9-26-17(30)10-27-6-7-28(11-18(27)31)33-14-4-2-1-3-5-14/h8,14H,1-7,9-12H2,(H,26,30). The van der Waals surface area contributed by atoms with Crippen LogP contribution in [0.25, 0.3) is 0 Å². The van der Waals surface area contributed by atoms with Gasteiger partial charge in [-0.05, 0) is 12.8 Å². The number of amides is 2. The van der Waals surface area contributed by atoms with E-state index in [2.05, 4.69) is 10.1 Å². The predicted molar refractivity (Wildman–Crippen MR) is 112 cm³/mol. The van der Waals surface area contributed by atoms with Crippen molar-refractivity contribution in [2.45, 2.75) is 37.4 Å². The highest BCUT2D eigenvalue weighted by molar-refractivity contribution is 7.97. The van der Waals surface area contributed by atoms with Crippen LogP contribution in [0, 0.1) is 23.3 Å². The van der Waals surface area contributed by atoms with E-state index in [0.29, 0.717) is 18.3 Å². The van der Waals surface area contributed by atoms with Gasteiger partial charge in [0, 0.05) is 24.4 Å². The minimum absolute atomic E-state index is 0.0232. The molecular formula is C21H25F4N3O4S. The molecule has 1 aliphatic carbocycles. The number of piperazine rings is 1. The van der Waals surface area contributed by atoms with Crippen LogP contribution in [0.5, 0.6) is 5.75 Å². The van der Waals surface area contributed by atoms with Crippen LogP contribution in [-0.2, 0) is 14.4 Å². The first-order chi connectivity index (χ1) is 15.7. The Labute approximate surface area is 192 Å². The molecule has 1 heterocycles. The second kappa shape index (κ2) is 11.7. The van der Waals surface area contributed by atoms with Gasteiger partial charge in [0.15, 0.2) is 23.2 Å². The van der Waals surface area contributed by atoms with Crippen LogP contribution in [0.3, 0.4) is 0 Å². The van der Waals surface area contributed by atoms with E-state index in [1.165, 1.54) is 24.2 Å². The number of benzene rings is 1. The zero-order valence-corrected chi connectivity index (χ0v) is 18.7. The van der Waals surface area contributed by atoms with Gasteiger partial charge in [-0.25, -0.2) is 13.1 Å². The van der Waals surface area contributed by atoms with E-state index in [0.717, 1.165) is 12.8 Å². The Hall–Kier alpha value is -2.34. The third-order valence-corrected chi connectivity index (χ3v) is 6.78. The van der Waals surface area contributed by atoms with Crippen LogP contribution in [0.2, 0.25) is 0 Å². The van der Waals surface area contributed by atoms with Gasteiger partial charge in [-0.2, -0.15) is 8.78 Å². The van der Waals surface area contributed by atoms with Gasteiger partial charge in [0.25, 0.3) is 0 Å². The molecule has 1 N–H and O–H groups in total. The average Bonchev–Trinajstić information content (AvgIpc) is 2.79. The average molecular weight is 492 g/mol. The van der Waals surface area contributed by atoms with Crippen LogP contribution in [0.1, 0.15) is 32.1 Å². The fraction of sp³-hybridized carbons (Fsp3) is 0.571. The monoisotopic (exact) mass is 491 g/mol. The van der Waals surface area contributed by atoms with Gasteiger partial charge in [0.2, 0.25) is 23.4 Å². The Morgan fingerprint density at radius 3 is 2.36 bits per heavy atom. The third-order valence-electron chi connectivity index (χ3n) is 5.40. The first-order valence-corrected chi connectivity index (χ1v) is 11.5. The van der Waals surface area contributed by atoms with Crippen molar-refractivity contribution in [3.63, 3.8) is 0 Å².